The lowest BCUT2D eigenvalue weighted by atomic mass is 10.1. The fraction of sp³-hybridized carbons (Fsp3) is 0.533. The maximum absolute atomic E-state index is 13.3. The van der Waals surface area contributed by atoms with Gasteiger partial charge in [-0.25, -0.2) is 4.39 Å². The molecule has 20 heavy (non-hydrogen) atoms. The molecule has 1 aromatic carbocycles. The molecular weight excluding hydrogens is 261 g/mol. The summed E-state index contributed by atoms with van der Waals surface area (Å²) in [5, 5.41) is 12.0. The van der Waals surface area contributed by atoms with Crippen molar-refractivity contribution >= 4 is 5.71 Å². The van der Waals surface area contributed by atoms with Gasteiger partial charge in [-0.15, -0.1) is 0 Å². The lowest BCUT2D eigenvalue weighted by Crippen LogP contribution is -2.09. The Kier molecular flexibility index (Phi) is 5.35. The van der Waals surface area contributed by atoms with Crippen molar-refractivity contribution in [2.24, 2.45) is 5.16 Å². The highest BCUT2D eigenvalue weighted by Gasteiger charge is 2.15. The van der Waals surface area contributed by atoms with Crippen LogP contribution in [0.1, 0.15) is 38.2 Å². The number of hydrogen-bond donors (Lipinski definition) is 1. The van der Waals surface area contributed by atoms with E-state index >= 15 is 0 Å². The Labute approximate surface area is 118 Å². The van der Waals surface area contributed by atoms with E-state index in [1.54, 1.807) is 13.0 Å². The van der Waals surface area contributed by atoms with Crippen molar-refractivity contribution in [3.63, 3.8) is 0 Å². The molecule has 1 fully saturated rings. The highest BCUT2D eigenvalue weighted by molar-refractivity contribution is 6.00. The van der Waals surface area contributed by atoms with E-state index < -0.39 is 0 Å². The molecule has 5 heteroatoms. The number of halogens is 1. The summed E-state index contributed by atoms with van der Waals surface area (Å²) in [5.74, 6) is 0.0428. The molecule has 1 aliphatic heterocycles. The molecule has 1 unspecified atom stereocenters. The minimum absolute atomic E-state index is 0.339. The van der Waals surface area contributed by atoms with E-state index in [1.165, 1.54) is 12.1 Å². The third kappa shape index (κ3) is 3.93. The SMILES string of the molecule is CC(=NO)c1ccc(F)cc1OCCCC1CCCO1. The van der Waals surface area contributed by atoms with E-state index in [-0.39, 0.29) is 5.82 Å². The van der Waals surface area contributed by atoms with Crippen LogP contribution in [0.4, 0.5) is 4.39 Å². The number of nitrogens with zero attached hydrogens (tertiary/aromatic N) is 1. The Morgan fingerprint density at radius 3 is 3.10 bits per heavy atom. The average Bonchev–Trinajstić information content (AvgIpc) is 2.96. The predicted molar refractivity (Wildman–Crippen MR) is 74.1 cm³/mol. The van der Waals surface area contributed by atoms with Gasteiger partial charge in [-0.2, -0.15) is 0 Å². The third-order valence-electron chi connectivity index (χ3n) is 3.44. The smallest absolute Gasteiger partial charge is 0.131 e. The monoisotopic (exact) mass is 281 g/mol. The topological polar surface area (TPSA) is 51.1 Å². The summed E-state index contributed by atoms with van der Waals surface area (Å²) >= 11 is 0. The molecule has 1 heterocycles. The Balaban J connectivity index is 1.89. The Bertz CT molecular complexity index is 470. The quantitative estimate of drug-likeness (QED) is 0.376. The van der Waals surface area contributed by atoms with Crippen LogP contribution in [-0.4, -0.2) is 30.2 Å². The van der Waals surface area contributed by atoms with Crippen LogP contribution < -0.4 is 4.74 Å². The van der Waals surface area contributed by atoms with Crippen molar-refractivity contribution in [1.82, 2.24) is 0 Å². The van der Waals surface area contributed by atoms with Crippen molar-refractivity contribution in [3.8, 4) is 5.75 Å². The molecule has 0 amide bonds. The molecule has 1 aromatic rings. The molecule has 110 valence electrons. The Hall–Kier alpha value is -1.62. The summed E-state index contributed by atoms with van der Waals surface area (Å²) in [6.45, 7) is 2.99. The molecule has 2 rings (SSSR count). The van der Waals surface area contributed by atoms with Crippen LogP contribution in [-0.2, 0) is 4.74 Å². The van der Waals surface area contributed by atoms with Crippen molar-refractivity contribution in [3.05, 3.63) is 29.6 Å². The molecule has 1 saturated heterocycles. The van der Waals surface area contributed by atoms with Gasteiger partial charge in [0.25, 0.3) is 0 Å². The molecule has 0 bridgehead atoms. The van der Waals surface area contributed by atoms with E-state index in [1.807, 2.05) is 0 Å². The minimum atomic E-state index is -0.367. The first-order valence-corrected chi connectivity index (χ1v) is 6.93. The number of hydrogen-bond acceptors (Lipinski definition) is 4. The van der Waals surface area contributed by atoms with Gasteiger partial charge in [-0.1, -0.05) is 5.16 Å². The summed E-state index contributed by atoms with van der Waals surface area (Å²) in [6, 6.07) is 4.19. The van der Waals surface area contributed by atoms with Gasteiger partial charge in [0.15, 0.2) is 0 Å². The van der Waals surface area contributed by atoms with Gasteiger partial charge in [-0.3, -0.25) is 0 Å². The summed E-state index contributed by atoms with van der Waals surface area (Å²) in [7, 11) is 0. The molecule has 4 nitrogen and oxygen atoms in total. The third-order valence-corrected chi connectivity index (χ3v) is 3.44. The molecular formula is C15H20FNO3. The molecule has 0 aromatic heterocycles. The van der Waals surface area contributed by atoms with Gasteiger partial charge >= 0.3 is 0 Å². The van der Waals surface area contributed by atoms with Crippen LogP contribution in [0, 0.1) is 5.82 Å². The van der Waals surface area contributed by atoms with Gasteiger partial charge < -0.3 is 14.7 Å². The lowest BCUT2D eigenvalue weighted by molar-refractivity contribution is 0.0981. The fourth-order valence-corrected chi connectivity index (χ4v) is 2.33. The van der Waals surface area contributed by atoms with Crippen molar-refractivity contribution in [1.29, 1.82) is 0 Å². The van der Waals surface area contributed by atoms with E-state index in [0.717, 1.165) is 32.3 Å². The second-order valence-electron chi connectivity index (χ2n) is 4.95. The molecule has 1 N–H and O–H groups in total. The van der Waals surface area contributed by atoms with Gasteiger partial charge in [0, 0.05) is 18.2 Å². The first-order chi connectivity index (χ1) is 9.70. The van der Waals surface area contributed by atoms with E-state index in [0.29, 0.717) is 29.7 Å². The standard InChI is InChI=1S/C15H20FNO3/c1-11(17-18)14-7-6-12(16)10-15(14)20-9-3-5-13-4-2-8-19-13/h6-7,10,13,18H,2-5,8-9H2,1H3. The van der Waals surface area contributed by atoms with Crippen LogP contribution in [0.15, 0.2) is 23.4 Å². The Morgan fingerprint density at radius 1 is 1.55 bits per heavy atom. The summed E-state index contributed by atoms with van der Waals surface area (Å²) in [5.41, 5.74) is 1.00. The number of oxime groups is 1. The van der Waals surface area contributed by atoms with Crippen molar-refractivity contribution < 1.29 is 19.1 Å². The second kappa shape index (κ2) is 7.24. The van der Waals surface area contributed by atoms with Gasteiger partial charge in [-0.05, 0) is 44.7 Å². The van der Waals surface area contributed by atoms with E-state index in [9.17, 15) is 4.39 Å². The maximum Gasteiger partial charge on any atom is 0.131 e. The molecule has 1 aliphatic rings. The van der Waals surface area contributed by atoms with Crippen molar-refractivity contribution in [2.45, 2.75) is 38.7 Å². The second-order valence-corrected chi connectivity index (χ2v) is 4.95. The predicted octanol–water partition coefficient (Wildman–Crippen LogP) is 3.36. The number of benzene rings is 1. The Morgan fingerprint density at radius 2 is 2.40 bits per heavy atom. The van der Waals surface area contributed by atoms with Crippen LogP contribution in [0.25, 0.3) is 0 Å². The van der Waals surface area contributed by atoms with Crippen molar-refractivity contribution in [2.75, 3.05) is 13.2 Å². The van der Waals surface area contributed by atoms with E-state index in [4.69, 9.17) is 14.7 Å². The van der Waals surface area contributed by atoms with Crippen LogP contribution in [0.3, 0.4) is 0 Å². The zero-order chi connectivity index (χ0) is 14.4. The lowest BCUT2D eigenvalue weighted by Gasteiger charge is -2.12. The fourth-order valence-electron chi connectivity index (χ4n) is 2.33. The summed E-state index contributed by atoms with van der Waals surface area (Å²) < 4.78 is 24.4. The molecule has 0 spiro atoms. The van der Waals surface area contributed by atoms with Crippen LogP contribution >= 0.6 is 0 Å². The summed E-state index contributed by atoms with van der Waals surface area (Å²) in [6.07, 6.45) is 4.40. The maximum atomic E-state index is 13.3. The van der Waals surface area contributed by atoms with E-state index in [2.05, 4.69) is 5.16 Å². The number of rotatable bonds is 6. The first kappa shape index (κ1) is 14.8. The average molecular weight is 281 g/mol. The highest BCUT2D eigenvalue weighted by atomic mass is 19.1. The van der Waals surface area contributed by atoms with Crippen LogP contribution in [0.2, 0.25) is 0 Å². The largest absolute Gasteiger partial charge is 0.493 e. The minimum Gasteiger partial charge on any atom is -0.493 e. The molecule has 0 aliphatic carbocycles. The number of ether oxygens (including phenoxy) is 2. The van der Waals surface area contributed by atoms with Gasteiger partial charge in [0.2, 0.25) is 0 Å². The van der Waals surface area contributed by atoms with Crippen LogP contribution in [0.5, 0.6) is 5.75 Å². The highest BCUT2D eigenvalue weighted by Crippen LogP contribution is 2.22. The normalized spacial score (nSPS) is 19.3. The molecule has 0 radical (unpaired) electrons. The van der Waals surface area contributed by atoms with Gasteiger partial charge in [0.1, 0.15) is 11.6 Å². The zero-order valence-electron chi connectivity index (χ0n) is 11.6. The van der Waals surface area contributed by atoms with Gasteiger partial charge in [0.05, 0.1) is 18.4 Å². The first-order valence-electron chi connectivity index (χ1n) is 6.93. The zero-order valence-corrected chi connectivity index (χ0v) is 11.6. The molecule has 1 atom stereocenters. The summed E-state index contributed by atoms with van der Waals surface area (Å²) in [4.78, 5) is 0. The molecule has 0 saturated carbocycles.